The second-order valence-corrected chi connectivity index (χ2v) is 3.98. The third-order valence-electron chi connectivity index (χ3n) is 2.68. The van der Waals surface area contributed by atoms with Crippen LogP contribution in [0.1, 0.15) is 32.6 Å². The van der Waals surface area contributed by atoms with Crippen LogP contribution in [0, 0.1) is 11.8 Å². The summed E-state index contributed by atoms with van der Waals surface area (Å²) in [5.41, 5.74) is 7.16. The number of aliphatic imine (C=N–C) groups is 1. The van der Waals surface area contributed by atoms with Crippen LogP contribution >= 0.6 is 0 Å². The van der Waals surface area contributed by atoms with Gasteiger partial charge in [0.15, 0.2) is 0 Å². The van der Waals surface area contributed by atoms with E-state index < -0.39 is 0 Å². The van der Waals surface area contributed by atoms with Gasteiger partial charge in [-0.1, -0.05) is 19.8 Å². The molecule has 76 valence electrons. The van der Waals surface area contributed by atoms with Crippen LogP contribution in [-0.4, -0.2) is 17.7 Å². The number of hydrogen-bond acceptors (Lipinski definition) is 2. The van der Waals surface area contributed by atoms with E-state index in [1.165, 1.54) is 25.7 Å². The van der Waals surface area contributed by atoms with Crippen molar-refractivity contribution in [3.63, 3.8) is 0 Å². The van der Waals surface area contributed by atoms with Crippen LogP contribution in [0.3, 0.4) is 0 Å². The quantitative estimate of drug-likeness (QED) is 0.343. The molecule has 2 atom stereocenters. The Morgan fingerprint density at radius 3 is 3.00 bits per heavy atom. The summed E-state index contributed by atoms with van der Waals surface area (Å²) < 4.78 is 0. The highest BCUT2D eigenvalue weighted by Crippen LogP contribution is 2.28. The van der Waals surface area contributed by atoms with E-state index in [0.29, 0.717) is 5.92 Å². The molecule has 2 unspecified atom stereocenters. The summed E-state index contributed by atoms with van der Waals surface area (Å²) in [6, 6.07) is 0. The Kier molecular flexibility index (Phi) is 4.02. The predicted molar refractivity (Wildman–Crippen MR) is 52.5 cm³/mol. The third kappa shape index (κ3) is 3.63. The normalized spacial score (nSPS) is 30.2. The number of nitrogens with zero attached hydrogens (tertiary/aromatic N) is 1. The SMILES string of the molecule is CC1CCCC(CN=C(N)NO)C1. The van der Waals surface area contributed by atoms with Gasteiger partial charge in [0, 0.05) is 6.54 Å². The van der Waals surface area contributed by atoms with Gasteiger partial charge >= 0.3 is 0 Å². The maximum atomic E-state index is 8.41. The van der Waals surface area contributed by atoms with Crippen LogP contribution in [0.4, 0.5) is 0 Å². The van der Waals surface area contributed by atoms with Crippen molar-refractivity contribution in [3.8, 4) is 0 Å². The minimum Gasteiger partial charge on any atom is -0.368 e. The van der Waals surface area contributed by atoms with Gasteiger partial charge in [0.25, 0.3) is 0 Å². The smallest absolute Gasteiger partial charge is 0.212 e. The second kappa shape index (κ2) is 5.07. The second-order valence-electron chi connectivity index (χ2n) is 3.98. The molecule has 1 rings (SSSR count). The molecule has 0 saturated heterocycles. The molecule has 1 saturated carbocycles. The van der Waals surface area contributed by atoms with Crippen molar-refractivity contribution in [1.82, 2.24) is 5.48 Å². The minimum atomic E-state index is 0.123. The molecular weight excluding hydrogens is 166 g/mol. The first kappa shape index (κ1) is 10.3. The Hall–Kier alpha value is -0.770. The van der Waals surface area contributed by atoms with Gasteiger partial charge in [0.05, 0.1) is 0 Å². The largest absolute Gasteiger partial charge is 0.368 e. The lowest BCUT2D eigenvalue weighted by molar-refractivity contribution is 0.231. The van der Waals surface area contributed by atoms with E-state index >= 15 is 0 Å². The topological polar surface area (TPSA) is 70.6 Å². The minimum absolute atomic E-state index is 0.123. The van der Waals surface area contributed by atoms with Crippen LogP contribution in [0.25, 0.3) is 0 Å². The summed E-state index contributed by atoms with van der Waals surface area (Å²) in [5.74, 6) is 1.59. The monoisotopic (exact) mass is 185 g/mol. The Labute approximate surface area is 79.2 Å². The molecule has 0 heterocycles. The van der Waals surface area contributed by atoms with Gasteiger partial charge in [0.1, 0.15) is 0 Å². The standard InChI is InChI=1S/C9H19N3O/c1-7-3-2-4-8(5-7)6-11-9(10)12-13/h7-8,13H,2-6H2,1H3,(H3,10,11,12). The third-order valence-corrected chi connectivity index (χ3v) is 2.68. The van der Waals surface area contributed by atoms with E-state index in [1.807, 2.05) is 5.48 Å². The maximum Gasteiger partial charge on any atom is 0.212 e. The molecule has 0 radical (unpaired) electrons. The molecule has 0 aromatic rings. The number of nitrogens with two attached hydrogens (primary N) is 1. The lowest BCUT2D eigenvalue weighted by atomic mass is 9.82. The first-order chi connectivity index (χ1) is 6.22. The zero-order valence-corrected chi connectivity index (χ0v) is 8.16. The summed E-state index contributed by atoms with van der Waals surface area (Å²) in [4.78, 5) is 4.03. The van der Waals surface area contributed by atoms with Crippen molar-refractivity contribution >= 4 is 5.96 Å². The average molecular weight is 185 g/mol. The summed E-state index contributed by atoms with van der Waals surface area (Å²) >= 11 is 0. The van der Waals surface area contributed by atoms with Crippen LogP contribution in [-0.2, 0) is 0 Å². The zero-order valence-electron chi connectivity index (χ0n) is 8.16. The number of nitrogens with one attached hydrogen (secondary N) is 1. The van der Waals surface area contributed by atoms with Gasteiger partial charge in [-0.3, -0.25) is 10.2 Å². The first-order valence-electron chi connectivity index (χ1n) is 4.92. The number of hydroxylamine groups is 1. The Morgan fingerprint density at radius 2 is 2.38 bits per heavy atom. The molecule has 0 bridgehead atoms. The van der Waals surface area contributed by atoms with Crippen LogP contribution in [0.5, 0.6) is 0 Å². The molecular formula is C9H19N3O. The van der Waals surface area contributed by atoms with E-state index in [0.717, 1.165) is 12.5 Å². The van der Waals surface area contributed by atoms with Gasteiger partial charge in [-0.2, -0.15) is 0 Å². The van der Waals surface area contributed by atoms with Gasteiger partial charge in [0.2, 0.25) is 5.96 Å². The fraction of sp³-hybridized carbons (Fsp3) is 0.889. The van der Waals surface area contributed by atoms with E-state index in [4.69, 9.17) is 10.9 Å². The lowest BCUT2D eigenvalue weighted by Crippen LogP contribution is -2.29. The first-order valence-corrected chi connectivity index (χ1v) is 4.92. The van der Waals surface area contributed by atoms with Crippen molar-refractivity contribution < 1.29 is 5.21 Å². The van der Waals surface area contributed by atoms with Crippen molar-refractivity contribution in [3.05, 3.63) is 0 Å². The molecule has 0 aromatic carbocycles. The molecule has 0 amide bonds. The molecule has 0 spiro atoms. The van der Waals surface area contributed by atoms with Crippen LogP contribution < -0.4 is 11.2 Å². The lowest BCUT2D eigenvalue weighted by Gasteiger charge is -2.25. The fourth-order valence-electron chi connectivity index (χ4n) is 1.99. The Morgan fingerprint density at radius 1 is 1.62 bits per heavy atom. The van der Waals surface area contributed by atoms with Crippen molar-refractivity contribution in [2.24, 2.45) is 22.6 Å². The molecule has 4 heteroatoms. The summed E-state index contributed by atoms with van der Waals surface area (Å²) in [6.45, 7) is 3.02. The Balaban J connectivity index is 2.28. The highest BCUT2D eigenvalue weighted by molar-refractivity contribution is 5.76. The summed E-state index contributed by atoms with van der Waals surface area (Å²) in [6.07, 6.45) is 5.12. The summed E-state index contributed by atoms with van der Waals surface area (Å²) in [5, 5.41) is 8.41. The van der Waals surface area contributed by atoms with Gasteiger partial charge in [-0.05, 0) is 24.7 Å². The van der Waals surface area contributed by atoms with Crippen molar-refractivity contribution in [2.75, 3.05) is 6.54 Å². The average Bonchev–Trinajstić information content (AvgIpc) is 2.14. The highest BCUT2D eigenvalue weighted by atomic mass is 16.5. The van der Waals surface area contributed by atoms with E-state index in [-0.39, 0.29) is 5.96 Å². The van der Waals surface area contributed by atoms with E-state index in [2.05, 4.69) is 11.9 Å². The van der Waals surface area contributed by atoms with Crippen molar-refractivity contribution in [1.29, 1.82) is 0 Å². The van der Waals surface area contributed by atoms with Gasteiger partial charge < -0.3 is 5.73 Å². The summed E-state index contributed by atoms with van der Waals surface area (Å²) in [7, 11) is 0. The van der Waals surface area contributed by atoms with Gasteiger partial charge in [-0.15, -0.1) is 0 Å². The molecule has 1 aliphatic rings. The molecule has 0 aromatic heterocycles. The molecule has 4 nitrogen and oxygen atoms in total. The molecule has 4 N–H and O–H groups in total. The molecule has 1 aliphatic carbocycles. The molecule has 1 fully saturated rings. The number of hydrogen-bond donors (Lipinski definition) is 3. The highest BCUT2D eigenvalue weighted by Gasteiger charge is 2.18. The number of rotatable bonds is 2. The number of guanidine groups is 1. The van der Waals surface area contributed by atoms with Gasteiger partial charge in [-0.25, -0.2) is 5.48 Å². The molecule has 13 heavy (non-hydrogen) atoms. The Bertz CT molecular complexity index is 182. The van der Waals surface area contributed by atoms with Crippen LogP contribution in [0.15, 0.2) is 4.99 Å². The van der Waals surface area contributed by atoms with Crippen molar-refractivity contribution in [2.45, 2.75) is 32.6 Å². The maximum absolute atomic E-state index is 8.41. The molecule has 0 aliphatic heterocycles. The zero-order chi connectivity index (χ0) is 9.68. The van der Waals surface area contributed by atoms with Crippen LogP contribution in [0.2, 0.25) is 0 Å². The van der Waals surface area contributed by atoms with E-state index in [9.17, 15) is 0 Å². The predicted octanol–water partition coefficient (Wildman–Crippen LogP) is 1.11. The van der Waals surface area contributed by atoms with E-state index in [1.54, 1.807) is 0 Å². The fourth-order valence-corrected chi connectivity index (χ4v) is 1.99.